The van der Waals surface area contributed by atoms with Crippen molar-refractivity contribution >= 4 is 27.5 Å². The van der Waals surface area contributed by atoms with Crippen LogP contribution in [0.2, 0.25) is 0 Å². The maximum atomic E-state index is 12.7. The van der Waals surface area contributed by atoms with Gasteiger partial charge in [0.15, 0.2) is 0 Å². The number of hydrogen-bond donors (Lipinski definition) is 0. The largest absolute Gasteiger partial charge is 0.494 e. The lowest BCUT2D eigenvalue weighted by molar-refractivity contribution is -0.119. The van der Waals surface area contributed by atoms with Gasteiger partial charge in [-0.1, -0.05) is 0 Å². The Labute approximate surface area is 154 Å². The van der Waals surface area contributed by atoms with Gasteiger partial charge in [0.2, 0.25) is 5.91 Å². The van der Waals surface area contributed by atoms with E-state index in [-0.39, 0.29) is 31.0 Å². The number of benzene rings is 1. The molecule has 130 valence electrons. The molecule has 1 heterocycles. The van der Waals surface area contributed by atoms with Crippen molar-refractivity contribution < 1.29 is 9.53 Å². The number of carbonyl (C=O) groups is 1. The Morgan fingerprint density at radius 1 is 1.28 bits per heavy atom. The molecule has 6 nitrogen and oxygen atoms in total. The second-order valence-electron chi connectivity index (χ2n) is 5.19. The molecule has 2 rings (SSSR count). The van der Waals surface area contributed by atoms with Gasteiger partial charge >= 0.3 is 0 Å². The van der Waals surface area contributed by atoms with Crippen molar-refractivity contribution in [1.82, 2.24) is 4.57 Å². The van der Waals surface area contributed by atoms with Crippen LogP contribution in [0, 0.1) is 11.3 Å². The van der Waals surface area contributed by atoms with Crippen LogP contribution in [0.1, 0.15) is 13.3 Å². The number of aromatic nitrogens is 1. The van der Waals surface area contributed by atoms with E-state index in [0.29, 0.717) is 22.5 Å². The summed E-state index contributed by atoms with van der Waals surface area (Å²) in [6.45, 7) is 2.61. The summed E-state index contributed by atoms with van der Waals surface area (Å²) in [5.41, 5.74) is 0.398. The van der Waals surface area contributed by atoms with Gasteiger partial charge in [0.1, 0.15) is 12.3 Å². The topological polar surface area (TPSA) is 75.3 Å². The van der Waals surface area contributed by atoms with Gasteiger partial charge in [-0.2, -0.15) is 5.26 Å². The van der Waals surface area contributed by atoms with Gasteiger partial charge in [0.05, 0.1) is 19.1 Å². The maximum absolute atomic E-state index is 12.7. The van der Waals surface area contributed by atoms with Crippen LogP contribution in [0.4, 0.5) is 5.69 Å². The van der Waals surface area contributed by atoms with Crippen molar-refractivity contribution in [3.8, 4) is 11.8 Å². The monoisotopic (exact) mass is 403 g/mol. The summed E-state index contributed by atoms with van der Waals surface area (Å²) in [7, 11) is 0. The standard InChI is InChI=1S/C18H18BrN3O3/c1-2-25-16-7-5-15(6-8-16)22(11-3-10-20)18(24)13-21-12-14(19)4-9-17(21)23/h4-9,12H,2-3,11,13H2,1H3. The first-order valence-corrected chi connectivity index (χ1v) is 8.60. The van der Waals surface area contributed by atoms with Crippen LogP contribution >= 0.6 is 15.9 Å². The number of hydrogen-bond acceptors (Lipinski definition) is 4. The summed E-state index contributed by atoms with van der Waals surface area (Å²) in [4.78, 5) is 26.1. The Hall–Kier alpha value is -2.59. The van der Waals surface area contributed by atoms with Crippen molar-refractivity contribution in [2.24, 2.45) is 0 Å². The van der Waals surface area contributed by atoms with E-state index in [2.05, 4.69) is 15.9 Å². The van der Waals surface area contributed by atoms with Crippen LogP contribution in [0.25, 0.3) is 0 Å². The number of nitriles is 1. The predicted octanol–water partition coefficient (Wildman–Crippen LogP) is 2.96. The Balaban J connectivity index is 2.23. The number of rotatable bonds is 7. The van der Waals surface area contributed by atoms with Crippen molar-refractivity contribution in [3.63, 3.8) is 0 Å². The van der Waals surface area contributed by atoms with Crippen LogP contribution < -0.4 is 15.2 Å². The zero-order valence-electron chi connectivity index (χ0n) is 13.8. The number of halogens is 1. The van der Waals surface area contributed by atoms with Gasteiger partial charge in [-0.15, -0.1) is 0 Å². The highest BCUT2D eigenvalue weighted by molar-refractivity contribution is 9.10. The minimum Gasteiger partial charge on any atom is -0.494 e. The van der Waals surface area contributed by atoms with Gasteiger partial charge in [0.25, 0.3) is 5.56 Å². The Morgan fingerprint density at radius 3 is 2.64 bits per heavy atom. The van der Waals surface area contributed by atoms with Gasteiger partial charge < -0.3 is 14.2 Å². The molecule has 1 aromatic carbocycles. The van der Waals surface area contributed by atoms with E-state index in [1.165, 1.54) is 15.5 Å². The number of anilines is 1. The molecular weight excluding hydrogens is 386 g/mol. The van der Waals surface area contributed by atoms with Gasteiger partial charge in [-0.3, -0.25) is 9.59 Å². The number of carbonyl (C=O) groups excluding carboxylic acids is 1. The van der Waals surface area contributed by atoms with Gasteiger partial charge in [0, 0.05) is 29.0 Å². The second-order valence-corrected chi connectivity index (χ2v) is 6.11. The lowest BCUT2D eigenvalue weighted by atomic mass is 10.2. The SMILES string of the molecule is CCOc1ccc(N(CCC#N)C(=O)Cn2cc(Br)ccc2=O)cc1. The van der Waals surface area contributed by atoms with E-state index in [4.69, 9.17) is 10.00 Å². The molecule has 0 saturated carbocycles. The Morgan fingerprint density at radius 2 is 2.00 bits per heavy atom. The first kappa shape index (κ1) is 18.7. The summed E-state index contributed by atoms with van der Waals surface area (Å²) in [6.07, 6.45) is 1.77. The minimum absolute atomic E-state index is 0.100. The highest BCUT2D eigenvalue weighted by atomic mass is 79.9. The maximum Gasteiger partial charge on any atom is 0.251 e. The molecule has 1 aromatic heterocycles. The molecule has 0 N–H and O–H groups in total. The third-order valence-electron chi connectivity index (χ3n) is 3.46. The fourth-order valence-corrected chi connectivity index (χ4v) is 2.68. The highest BCUT2D eigenvalue weighted by Crippen LogP contribution is 2.20. The average molecular weight is 404 g/mol. The van der Waals surface area contributed by atoms with Crippen LogP contribution in [-0.2, 0) is 11.3 Å². The quantitative estimate of drug-likeness (QED) is 0.711. The molecule has 7 heteroatoms. The van der Waals surface area contributed by atoms with E-state index in [9.17, 15) is 9.59 Å². The molecule has 0 saturated heterocycles. The zero-order valence-corrected chi connectivity index (χ0v) is 15.4. The van der Waals surface area contributed by atoms with E-state index < -0.39 is 0 Å². The number of amides is 1. The van der Waals surface area contributed by atoms with Crippen LogP contribution in [0.5, 0.6) is 5.75 Å². The molecule has 0 fully saturated rings. The minimum atomic E-state index is -0.264. The molecule has 0 radical (unpaired) electrons. The summed E-state index contributed by atoms with van der Waals surface area (Å²) in [6, 6.07) is 12.2. The fraction of sp³-hybridized carbons (Fsp3) is 0.278. The highest BCUT2D eigenvalue weighted by Gasteiger charge is 2.17. The molecule has 0 spiro atoms. The van der Waals surface area contributed by atoms with Crippen LogP contribution in [0.3, 0.4) is 0 Å². The molecular formula is C18H18BrN3O3. The number of nitrogens with zero attached hydrogens (tertiary/aromatic N) is 3. The van der Waals surface area contributed by atoms with E-state index >= 15 is 0 Å². The van der Waals surface area contributed by atoms with Crippen LogP contribution in [-0.4, -0.2) is 23.6 Å². The van der Waals surface area contributed by atoms with Gasteiger partial charge in [-0.05, 0) is 53.2 Å². The number of pyridine rings is 1. The molecule has 25 heavy (non-hydrogen) atoms. The molecule has 0 unspecified atom stereocenters. The second kappa shape index (κ2) is 9.04. The Bertz CT molecular complexity index is 825. The van der Waals surface area contributed by atoms with Crippen molar-refractivity contribution in [2.75, 3.05) is 18.1 Å². The first-order valence-electron chi connectivity index (χ1n) is 7.81. The first-order chi connectivity index (χ1) is 12.0. The van der Waals surface area contributed by atoms with E-state index in [1.54, 1.807) is 36.5 Å². The van der Waals surface area contributed by atoms with Crippen molar-refractivity contribution in [1.29, 1.82) is 5.26 Å². The normalized spacial score (nSPS) is 10.1. The molecule has 1 amide bonds. The summed E-state index contributed by atoms with van der Waals surface area (Å²) in [5.74, 6) is 0.446. The average Bonchev–Trinajstić information content (AvgIpc) is 2.60. The molecule has 0 aliphatic carbocycles. The molecule has 0 bridgehead atoms. The molecule has 2 aromatic rings. The van der Waals surface area contributed by atoms with Gasteiger partial charge in [-0.25, -0.2) is 0 Å². The van der Waals surface area contributed by atoms with Crippen LogP contribution in [0.15, 0.2) is 51.9 Å². The summed E-state index contributed by atoms with van der Waals surface area (Å²) in [5, 5.41) is 8.86. The third-order valence-corrected chi connectivity index (χ3v) is 3.93. The zero-order chi connectivity index (χ0) is 18.2. The Kier molecular flexibility index (Phi) is 6.78. The third kappa shape index (κ3) is 5.19. The molecule has 0 aliphatic heterocycles. The molecule has 0 aliphatic rings. The lowest BCUT2D eigenvalue weighted by Gasteiger charge is -2.22. The van der Waals surface area contributed by atoms with E-state index in [1.807, 2.05) is 13.0 Å². The van der Waals surface area contributed by atoms with E-state index in [0.717, 1.165) is 0 Å². The summed E-state index contributed by atoms with van der Waals surface area (Å²) < 4.78 is 7.45. The van der Waals surface area contributed by atoms with Crippen molar-refractivity contribution in [3.05, 3.63) is 57.4 Å². The predicted molar refractivity (Wildman–Crippen MR) is 98.6 cm³/mol. The smallest absolute Gasteiger partial charge is 0.251 e. The van der Waals surface area contributed by atoms with Crippen molar-refractivity contribution in [2.45, 2.75) is 19.9 Å². The number of ether oxygens (including phenoxy) is 1. The lowest BCUT2D eigenvalue weighted by Crippen LogP contribution is -2.37. The fourth-order valence-electron chi connectivity index (χ4n) is 2.31. The summed E-state index contributed by atoms with van der Waals surface area (Å²) >= 11 is 3.29. The molecule has 0 atom stereocenters.